The molecule has 2 nitrogen and oxygen atoms in total. The molecule has 0 bridgehead atoms. The average molecular weight is 177 g/mol. The highest BCUT2D eigenvalue weighted by Crippen LogP contribution is 2.30. The van der Waals surface area contributed by atoms with Crippen LogP contribution in [0.1, 0.15) is 0 Å². The van der Waals surface area contributed by atoms with Crippen molar-refractivity contribution in [2.45, 2.75) is 6.18 Å². The third-order valence-corrected chi connectivity index (χ3v) is 1.34. The number of alkyl halides is 3. The number of rotatable bonds is 1. The van der Waals surface area contributed by atoms with E-state index in [-0.39, 0.29) is 13.3 Å². The monoisotopic (exact) mass is 177 g/mol. The molecule has 0 amide bonds. The number of halogens is 3. The first kappa shape index (κ1) is 8.78. The summed E-state index contributed by atoms with van der Waals surface area (Å²) in [6.07, 6.45) is 1.17. The molecule has 66 valence electrons. The van der Waals surface area contributed by atoms with Gasteiger partial charge in [-0.3, -0.25) is 0 Å². The standard InChI is InChI=1S/C7H6F3NO/c1-2-3-11-5-12-4-6(11)7(8,9)10/h1,4H,3,5H2. The van der Waals surface area contributed by atoms with Crippen molar-refractivity contribution in [3.05, 3.63) is 12.0 Å². The van der Waals surface area contributed by atoms with E-state index < -0.39 is 11.9 Å². The lowest BCUT2D eigenvalue weighted by molar-refractivity contribution is -0.108. The van der Waals surface area contributed by atoms with Crippen LogP contribution in [0, 0.1) is 12.3 Å². The Balaban J connectivity index is 2.71. The van der Waals surface area contributed by atoms with Crippen molar-refractivity contribution in [2.75, 3.05) is 13.3 Å². The van der Waals surface area contributed by atoms with Crippen LogP contribution in [-0.4, -0.2) is 24.4 Å². The molecule has 5 heteroatoms. The molecule has 0 fully saturated rings. The highest BCUT2D eigenvalue weighted by molar-refractivity contribution is 5.10. The predicted octanol–water partition coefficient (Wildman–Crippen LogP) is 1.31. The topological polar surface area (TPSA) is 12.5 Å². The first-order valence-electron chi connectivity index (χ1n) is 3.13. The Hall–Kier alpha value is -1.31. The van der Waals surface area contributed by atoms with E-state index in [9.17, 15) is 13.2 Å². The van der Waals surface area contributed by atoms with Gasteiger partial charge in [0.2, 0.25) is 0 Å². The van der Waals surface area contributed by atoms with Crippen LogP contribution in [0.4, 0.5) is 13.2 Å². The average Bonchev–Trinajstić information content (AvgIpc) is 2.34. The zero-order valence-corrected chi connectivity index (χ0v) is 6.06. The summed E-state index contributed by atoms with van der Waals surface area (Å²) in [6, 6.07) is 0. The predicted molar refractivity (Wildman–Crippen MR) is 35.6 cm³/mol. The van der Waals surface area contributed by atoms with Crippen LogP contribution >= 0.6 is 0 Å². The van der Waals surface area contributed by atoms with E-state index >= 15 is 0 Å². The lowest BCUT2D eigenvalue weighted by atomic mass is 10.4. The maximum atomic E-state index is 12.1. The number of ether oxygens (including phenoxy) is 1. The van der Waals surface area contributed by atoms with Crippen LogP contribution < -0.4 is 0 Å². The minimum atomic E-state index is -4.38. The minimum Gasteiger partial charge on any atom is -0.479 e. The van der Waals surface area contributed by atoms with Crippen molar-refractivity contribution in [3.8, 4) is 12.3 Å². The Kier molecular flexibility index (Phi) is 2.18. The molecule has 0 spiro atoms. The summed E-state index contributed by atoms with van der Waals surface area (Å²) >= 11 is 0. The summed E-state index contributed by atoms with van der Waals surface area (Å²) < 4.78 is 40.7. The van der Waals surface area contributed by atoms with E-state index in [0.29, 0.717) is 6.26 Å². The van der Waals surface area contributed by atoms with Gasteiger partial charge in [-0.05, 0) is 0 Å². The van der Waals surface area contributed by atoms with Crippen molar-refractivity contribution >= 4 is 0 Å². The first-order valence-corrected chi connectivity index (χ1v) is 3.13. The number of allylic oxidation sites excluding steroid dienone is 1. The van der Waals surface area contributed by atoms with Crippen molar-refractivity contribution in [1.82, 2.24) is 4.90 Å². The third kappa shape index (κ3) is 1.64. The Morgan fingerprint density at radius 3 is 2.83 bits per heavy atom. The fourth-order valence-corrected chi connectivity index (χ4v) is 0.837. The summed E-state index contributed by atoms with van der Waals surface area (Å²) in [5.41, 5.74) is -0.819. The van der Waals surface area contributed by atoms with Crippen molar-refractivity contribution in [1.29, 1.82) is 0 Å². The zero-order chi connectivity index (χ0) is 9.19. The fourth-order valence-electron chi connectivity index (χ4n) is 0.837. The molecule has 1 heterocycles. The molecule has 0 saturated carbocycles. The summed E-state index contributed by atoms with van der Waals surface area (Å²) in [6.45, 7) is -0.218. The second-order valence-corrected chi connectivity index (χ2v) is 2.20. The van der Waals surface area contributed by atoms with Crippen LogP contribution in [-0.2, 0) is 4.74 Å². The maximum absolute atomic E-state index is 12.1. The van der Waals surface area contributed by atoms with Gasteiger partial charge in [-0.2, -0.15) is 13.2 Å². The van der Waals surface area contributed by atoms with Crippen molar-refractivity contribution in [2.24, 2.45) is 0 Å². The van der Waals surface area contributed by atoms with Gasteiger partial charge in [-0.15, -0.1) is 6.42 Å². The molecule has 0 aromatic rings. The maximum Gasteiger partial charge on any atom is 0.434 e. The Bertz CT molecular complexity index is 238. The molecular weight excluding hydrogens is 171 g/mol. The molecule has 0 saturated heterocycles. The SMILES string of the molecule is C#CCN1COC=C1C(F)(F)F. The van der Waals surface area contributed by atoms with E-state index in [2.05, 4.69) is 10.7 Å². The van der Waals surface area contributed by atoms with E-state index in [1.165, 1.54) is 0 Å². The number of terminal acetylenes is 1. The van der Waals surface area contributed by atoms with Gasteiger partial charge in [0, 0.05) is 0 Å². The molecule has 0 N–H and O–H groups in total. The van der Waals surface area contributed by atoms with Crippen molar-refractivity contribution < 1.29 is 17.9 Å². The second kappa shape index (κ2) is 2.97. The normalized spacial score (nSPS) is 16.8. The van der Waals surface area contributed by atoms with E-state index in [1.807, 2.05) is 0 Å². The van der Waals surface area contributed by atoms with Crippen LogP contribution in [0.3, 0.4) is 0 Å². The molecule has 1 rings (SSSR count). The summed E-state index contributed by atoms with van der Waals surface area (Å²) in [7, 11) is 0. The fraction of sp³-hybridized carbons (Fsp3) is 0.429. The molecule has 0 aliphatic carbocycles. The zero-order valence-electron chi connectivity index (χ0n) is 6.06. The lowest BCUT2D eigenvalue weighted by Gasteiger charge is -2.18. The van der Waals surface area contributed by atoms with Crippen molar-refractivity contribution in [3.63, 3.8) is 0 Å². The quantitative estimate of drug-likeness (QED) is 0.560. The molecule has 0 radical (unpaired) electrons. The molecule has 0 unspecified atom stereocenters. The largest absolute Gasteiger partial charge is 0.479 e. The number of hydrogen-bond acceptors (Lipinski definition) is 2. The van der Waals surface area contributed by atoms with Gasteiger partial charge in [0.1, 0.15) is 6.26 Å². The second-order valence-electron chi connectivity index (χ2n) is 2.20. The van der Waals surface area contributed by atoms with Gasteiger partial charge in [0.15, 0.2) is 12.4 Å². The first-order chi connectivity index (χ1) is 5.55. The van der Waals surface area contributed by atoms with Crippen LogP contribution in [0.2, 0.25) is 0 Å². The summed E-state index contributed by atoms with van der Waals surface area (Å²) in [5, 5.41) is 0. The third-order valence-electron chi connectivity index (χ3n) is 1.34. The van der Waals surface area contributed by atoms with E-state index in [1.54, 1.807) is 0 Å². The van der Waals surface area contributed by atoms with Gasteiger partial charge in [-0.25, -0.2) is 0 Å². The highest BCUT2D eigenvalue weighted by Gasteiger charge is 2.40. The van der Waals surface area contributed by atoms with Crippen LogP contribution in [0.5, 0.6) is 0 Å². The number of nitrogens with zero attached hydrogens (tertiary/aromatic N) is 1. The molecule has 0 aromatic heterocycles. The summed E-state index contributed by atoms with van der Waals surface area (Å²) in [4.78, 5) is 0.944. The van der Waals surface area contributed by atoms with Crippen LogP contribution in [0.15, 0.2) is 12.0 Å². The van der Waals surface area contributed by atoms with Gasteiger partial charge in [-0.1, -0.05) is 5.92 Å². The molecule has 0 atom stereocenters. The smallest absolute Gasteiger partial charge is 0.434 e. The van der Waals surface area contributed by atoms with Gasteiger partial charge in [0.25, 0.3) is 0 Å². The summed E-state index contributed by atoms with van der Waals surface area (Å²) in [5.74, 6) is 2.12. The molecule has 12 heavy (non-hydrogen) atoms. The minimum absolute atomic E-state index is 0.0919. The van der Waals surface area contributed by atoms with Gasteiger partial charge in [0.05, 0.1) is 6.54 Å². The van der Waals surface area contributed by atoms with E-state index in [0.717, 1.165) is 4.90 Å². The lowest BCUT2D eigenvalue weighted by Crippen LogP contribution is -2.29. The number of hydrogen-bond donors (Lipinski definition) is 0. The van der Waals surface area contributed by atoms with Crippen LogP contribution in [0.25, 0.3) is 0 Å². The Labute approximate surface area is 67.6 Å². The molecule has 1 aliphatic rings. The Morgan fingerprint density at radius 1 is 1.67 bits per heavy atom. The highest BCUT2D eigenvalue weighted by atomic mass is 19.4. The molecule has 0 aromatic carbocycles. The van der Waals surface area contributed by atoms with E-state index in [4.69, 9.17) is 6.42 Å². The molecule has 1 aliphatic heterocycles. The Morgan fingerprint density at radius 2 is 2.33 bits per heavy atom. The van der Waals surface area contributed by atoms with Gasteiger partial charge < -0.3 is 9.64 Å². The molecular formula is C7H6F3NO. The van der Waals surface area contributed by atoms with Gasteiger partial charge >= 0.3 is 6.18 Å².